The molecule has 3 amide bonds. The largest absolute Gasteiger partial charge is 0.351 e. The van der Waals surface area contributed by atoms with Crippen LogP contribution in [0.3, 0.4) is 0 Å². The van der Waals surface area contributed by atoms with Gasteiger partial charge in [0, 0.05) is 43.8 Å². The topological polar surface area (TPSA) is 90.7 Å². The number of primary amides is 1. The fraction of sp³-hybridized carbons (Fsp3) is 0.304. The fourth-order valence-corrected chi connectivity index (χ4v) is 4.56. The van der Waals surface area contributed by atoms with E-state index in [4.69, 9.17) is 17.3 Å². The minimum absolute atomic E-state index is 0.0357. The predicted molar refractivity (Wildman–Crippen MR) is 123 cm³/mol. The maximum absolute atomic E-state index is 13.2. The van der Waals surface area contributed by atoms with Gasteiger partial charge in [-0.2, -0.15) is 0 Å². The average Bonchev–Trinajstić information content (AvgIpc) is 2.73. The van der Waals surface area contributed by atoms with Gasteiger partial charge < -0.3 is 21.3 Å². The molecular weight excluding hydrogens is 433 g/mol. The SMILES string of the molecule is NC(=O)Nc1cc(Cl)ccc1/C=C/C(=O)N1C2CNCC1CN(Cc1ccc(F)cc1)C2. The molecule has 2 bridgehead atoms. The van der Waals surface area contributed by atoms with Gasteiger partial charge in [0.1, 0.15) is 5.82 Å². The molecule has 2 fully saturated rings. The molecule has 2 aromatic rings. The lowest BCUT2D eigenvalue weighted by Crippen LogP contribution is -2.68. The van der Waals surface area contributed by atoms with Crippen LogP contribution in [0.2, 0.25) is 5.02 Å². The lowest BCUT2D eigenvalue weighted by atomic mass is 10.0. The molecule has 4 rings (SSSR count). The molecule has 0 aliphatic carbocycles. The number of rotatable bonds is 5. The van der Waals surface area contributed by atoms with Crippen molar-refractivity contribution in [1.29, 1.82) is 0 Å². The zero-order valence-corrected chi connectivity index (χ0v) is 18.2. The maximum atomic E-state index is 13.2. The summed E-state index contributed by atoms with van der Waals surface area (Å²) >= 11 is 6.01. The van der Waals surface area contributed by atoms with E-state index < -0.39 is 6.03 Å². The molecule has 2 saturated heterocycles. The molecule has 9 heteroatoms. The van der Waals surface area contributed by atoms with E-state index in [0.29, 0.717) is 29.4 Å². The average molecular weight is 458 g/mol. The van der Waals surface area contributed by atoms with Crippen LogP contribution in [0.5, 0.6) is 0 Å². The number of hydrogen-bond donors (Lipinski definition) is 3. The summed E-state index contributed by atoms with van der Waals surface area (Å²) in [6.07, 6.45) is 3.19. The van der Waals surface area contributed by atoms with Crippen LogP contribution in [0.4, 0.5) is 14.9 Å². The molecule has 32 heavy (non-hydrogen) atoms. The smallest absolute Gasteiger partial charge is 0.316 e. The zero-order chi connectivity index (χ0) is 22.7. The number of halogens is 2. The Morgan fingerprint density at radius 2 is 1.84 bits per heavy atom. The minimum Gasteiger partial charge on any atom is -0.351 e. The number of carbonyl (C=O) groups excluding carboxylic acids is 2. The zero-order valence-electron chi connectivity index (χ0n) is 17.4. The summed E-state index contributed by atoms with van der Waals surface area (Å²) in [6, 6.07) is 10.9. The summed E-state index contributed by atoms with van der Waals surface area (Å²) < 4.78 is 13.2. The number of carbonyl (C=O) groups is 2. The first-order valence-corrected chi connectivity index (χ1v) is 10.8. The van der Waals surface area contributed by atoms with Gasteiger partial charge in [0.2, 0.25) is 5.91 Å². The Morgan fingerprint density at radius 3 is 2.50 bits per heavy atom. The molecule has 2 aliphatic heterocycles. The van der Waals surface area contributed by atoms with Gasteiger partial charge in [-0.25, -0.2) is 9.18 Å². The Bertz CT molecular complexity index is 1020. The van der Waals surface area contributed by atoms with Crippen molar-refractivity contribution in [2.24, 2.45) is 5.73 Å². The maximum Gasteiger partial charge on any atom is 0.316 e. The van der Waals surface area contributed by atoms with Crippen LogP contribution < -0.4 is 16.4 Å². The van der Waals surface area contributed by atoms with Crippen LogP contribution >= 0.6 is 11.6 Å². The molecule has 2 atom stereocenters. The van der Waals surface area contributed by atoms with Crippen molar-refractivity contribution in [1.82, 2.24) is 15.1 Å². The number of nitrogens with one attached hydrogen (secondary N) is 2. The number of nitrogens with zero attached hydrogens (tertiary/aromatic N) is 2. The van der Waals surface area contributed by atoms with E-state index >= 15 is 0 Å². The van der Waals surface area contributed by atoms with E-state index in [0.717, 1.165) is 25.2 Å². The molecule has 2 aliphatic rings. The summed E-state index contributed by atoms with van der Waals surface area (Å²) in [6.45, 7) is 3.61. The van der Waals surface area contributed by atoms with Crippen LogP contribution in [-0.4, -0.2) is 60.0 Å². The van der Waals surface area contributed by atoms with Crippen molar-refractivity contribution in [2.75, 3.05) is 31.5 Å². The van der Waals surface area contributed by atoms with Crippen molar-refractivity contribution < 1.29 is 14.0 Å². The lowest BCUT2D eigenvalue weighted by Gasteiger charge is -2.50. The second kappa shape index (κ2) is 9.68. The van der Waals surface area contributed by atoms with Gasteiger partial charge in [-0.1, -0.05) is 29.8 Å². The molecule has 4 N–H and O–H groups in total. The summed E-state index contributed by atoms with van der Waals surface area (Å²) in [5.41, 5.74) is 7.36. The highest BCUT2D eigenvalue weighted by Gasteiger charge is 2.39. The van der Waals surface area contributed by atoms with Crippen molar-refractivity contribution in [3.8, 4) is 0 Å². The van der Waals surface area contributed by atoms with Crippen LogP contribution in [0.15, 0.2) is 48.5 Å². The molecule has 0 radical (unpaired) electrons. The second-order valence-electron chi connectivity index (χ2n) is 8.09. The van der Waals surface area contributed by atoms with Crippen molar-refractivity contribution in [2.45, 2.75) is 18.6 Å². The van der Waals surface area contributed by atoms with Gasteiger partial charge in [-0.05, 0) is 41.5 Å². The first-order valence-electron chi connectivity index (χ1n) is 10.4. The van der Waals surface area contributed by atoms with Crippen LogP contribution in [0.1, 0.15) is 11.1 Å². The molecule has 168 valence electrons. The van der Waals surface area contributed by atoms with E-state index in [1.807, 2.05) is 4.90 Å². The monoisotopic (exact) mass is 457 g/mol. The van der Waals surface area contributed by atoms with Gasteiger partial charge in [0.15, 0.2) is 0 Å². The molecule has 7 nitrogen and oxygen atoms in total. The van der Waals surface area contributed by atoms with Gasteiger partial charge in [-0.3, -0.25) is 9.69 Å². The highest BCUT2D eigenvalue weighted by molar-refractivity contribution is 6.31. The standard InChI is InChI=1S/C23H25ClFN5O2/c24-17-5-3-16(21(9-17)28-23(26)32)4-8-22(31)30-19-10-27-11-20(30)14-29(13-19)12-15-1-6-18(25)7-2-15/h1-9,19-20,27H,10-14H2,(H3,26,28,32)/b8-4+. The number of anilines is 1. The van der Waals surface area contributed by atoms with E-state index in [-0.39, 0.29) is 23.8 Å². The Labute approximate surface area is 191 Å². The Balaban J connectivity index is 1.45. The normalized spacial score (nSPS) is 21.0. The number of nitrogens with two attached hydrogens (primary N) is 1. The molecule has 0 saturated carbocycles. The molecule has 2 aromatic carbocycles. The highest BCUT2D eigenvalue weighted by Crippen LogP contribution is 2.24. The third-order valence-electron chi connectivity index (χ3n) is 5.74. The molecule has 2 heterocycles. The van der Waals surface area contributed by atoms with E-state index in [2.05, 4.69) is 15.5 Å². The molecular formula is C23H25ClFN5O2. The van der Waals surface area contributed by atoms with E-state index in [1.165, 1.54) is 18.2 Å². The molecule has 0 spiro atoms. The van der Waals surface area contributed by atoms with Gasteiger partial charge >= 0.3 is 6.03 Å². The Hall–Kier alpha value is -2.94. The minimum atomic E-state index is -0.703. The van der Waals surface area contributed by atoms with Crippen LogP contribution in [0, 0.1) is 5.82 Å². The summed E-state index contributed by atoms with van der Waals surface area (Å²) in [5.74, 6) is -0.324. The third-order valence-corrected chi connectivity index (χ3v) is 5.97. The molecule has 2 unspecified atom stereocenters. The third kappa shape index (κ3) is 5.27. The van der Waals surface area contributed by atoms with Crippen molar-refractivity contribution in [3.05, 3.63) is 70.5 Å². The van der Waals surface area contributed by atoms with Crippen LogP contribution in [0.25, 0.3) is 6.08 Å². The Kier molecular flexibility index (Phi) is 6.74. The highest BCUT2D eigenvalue weighted by atomic mass is 35.5. The van der Waals surface area contributed by atoms with E-state index in [9.17, 15) is 14.0 Å². The number of benzene rings is 2. The quantitative estimate of drug-likeness (QED) is 0.602. The lowest BCUT2D eigenvalue weighted by molar-refractivity contribution is -0.136. The number of hydrogen-bond acceptors (Lipinski definition) is 4. The number of urea groups is 1. The predicted octanol–water partition coefficient (Wildman–Crippen LogP) is 2.67. The first-order chi connectivity index (χ1) is 15.4. The Morgan fingerprint density at radius 1 is 1.16 bits per heavy atom. The van der Waals surface area contributed by atoms with Crippen molar-refractivity contribution >= 4 is 35.3 Å². The summed E-state index contributed by atoms with van der Waals surface area (Å²) in [4.78, 5) is 28.6. The second-order valence-corrected chi connectivity index (χ2v) is 8.52. The van der Waals surface area contributed by atoms with Crippen molar-refractivity contribution in [3.63, 3.8) is 0 Å². The first kappa shape index (κ1) is 22.3. The van der Waals surface area contributed by atoms with E-state index in [1.54, 1.807) is 36.4 Å². The van der Waals surface area contributed by atoms with Gasteiger partial charge in [0.05, 0.1) is 17.8 Å². The van der Waals surface area contributed by atoms with Gasteiger partial charge in [-0.15, -0.1) is 0 Å². The molecule has 0 aromatic heterocycles. The summed E-state index contributed by atoms with van der Waals surface area (Å²) in [7, 11) is 0. The van der Waals surface area contributed by atoms with Crippen LogP contribution in [-0.2, 0) is 11.3 Å². The van der Waals surface area contributed by atoms with Gasteiger partial charge in [0.25, 0.3) is 0 Å². The fourth-order valence-electron chi connectivity index (χ4n) is 4.39. The number of piperazine rings is 2. The summed E-state index contributed by atoms with van der Waals surface area (Å²) in [5, 5.41) is 6.39. The number of amides is 3. The number of fused-ring (bicyclic) bond motifs is 2.